The zero-order chi connectivity index (χ0) is 10.4. The van der Waals surface area contributed by atoms with Gasteiger partial charge in [0.1, 0.15) is 5.58 Å². The van der Waals surface area contributed by atoms with E-state index in [4.69, 9.17) is 14.0 Å². The van der Waals surface area contributed by atoms with Gasteiger partial charge in [-0.15, -0.1) is 0 Å². The molecule has 0 fully saturated rings. The molecule has 0 unspecified atom stereocenters. The van der Waals surface area contributed by atoms with Crippen LogP contribution in [-0.2, 0) is 9.59 Å². The van der Waals surface area contributed by atoms with Gasteiger partial charge in [-0.3, -0.25) is 0 Å². The minimum absolute atomic E-state index is 0.250. The first-order valence-corrected chi connectivity index (χ1v) is 3.76. The normalized spacial score (nSPS) is 8.57. The molecular weight excluding hydrogens is 184 g/mol. The van der Waals surface area contributed by atoms with Crippen LogP contribution in [0.4, 0.5) is 0 Å². The van der Waals surface area contributed by atoms with Crippen molar-refractivity contribution in [1.29, 1.82) is 0 Å². The second kappa shape index (κ2) is 4.74. The molecule has 2 rings (SSSR count). The van der Waals surface area contributed by atoms with E-state index in [0.717, 1.165) is 5.39 Å². The van der Waals surface area contributed by atoms with Crippen molar-refractivity contribution in [1.82, 2.24) is 0 Å². The van der Waals surface area contributed by atoms with E-state index in [1.54, 1.807) is 12.1 Å². The smallest absolute Gasteiger partial charge is 0.373 e. The first-order chi connectivity index (χ1) is 6.77. The highest BCUT2D eigenvalue weighted by Crippen LogP contribution is 2.08. The predicted octanol–water partition coefficient (Wildman–Crippen LogP) is 1.21. The van der Waals surface area contributed by atoms with E-state index < -0.39 is 0 Å². The predicted molar refractivity (Wildman–Crippen MR) is 47.5 cm³/mol. The van der Waals surface area contributed by atoms with Crippen molar-refractivity contribution in [2.45, 2.75) is 0 Å². The highest BCUT2D eigenvalue weighted by Gasteiger charge is 1.92. The summed E-state index contributed by atoms with van der Waals surface area (Å²) in [7, 11) is 0. The van der Waals surface area contributed by atoms with Crippen molar-refractivity contribution in [3.05, 3.63) is 46.8 Å². The van der Waals surface area contributed by atoms with Gasteiger partial charge < -0.3 is 4.42 Å². The Labute approximate surface area is 78.8 Å². The molecule has 0 radical (unpaired) electrons. The number of para-hydroxylation sites is 1. The number of rotatable bonds is 0. The van der Waals surface area contributed by atoms with Crippen molar-refractivity contribution in [2.75, 3.05) is 0 Å². The minimum Gasteiger partial charge on any atom is -0.423 e. The number of fused-ring (bicyclic) bond motifs is 1. The van der Waals surface area contributed by atoms with Crippen LogP contribution < -0.4 is 5.63 Å². The first kappa shape index (κ1) is 9.89. The van der Waals surface area contributed by atoms with Crippen LogP contribution in [0.2, 0.25) is 0 Å². The molecule has 0 aliphatic rings. The Morgan fingerprint density at radius 1 is 1.00 bits per heavy atom. The van der Waals surface area contributed by atoms with E-state index >= 15 is 0 Å². The molecule has 0 amide bonds. The molecule has 4 heteroatoms. The molecule has 0 bridgehead atoms. The summed E-state index contributed by atoms with van der Waals surface area (Å²) < 4.78 is 4.91. The van der Waals surface area contributed by atoms with Crippen molar-refractivity contribution >= 4 is 17.1 Å². The van der Waals surface area contributed by atoms with Crippen LogP contribution in [0.1, 0.15) is 0 Å². The van der Waals surface area contributed by atoms with E-state index in [9.17, 15) is 4.79 Å². The highest BCUT2D eigenvalue weighted by molar-refractivity contribution is 5.75. The molecule has 70 valence electrons. The molecule has 0 saturated heterocycles. The van der Waals surface area contributed by atoms with Gasteiger partial charge in [-0.1, -0.05) is 18.2 Å². The summed E-state index contributed by atoms with van der Waals surface area (Å²) in [6, 6.07) is 10.6. The van der Waals surface area contributed by atoms with Crippen LogP contribution in [-0.4, -0.2) is 6.15 Å². The molecule has 1 aromatic heterocycles. The third-order valence-electron chi connectivity index (χ3n) is 1.53. The second-order valence-electron chi connectivity index (χ2n) is 2.38. The van der Waals surface area contributed by atoms with Gasteiger partial charge in [0.15, 0.2) is 0 Å². The van der Waals surface area contributed by atoms with Gasteiger partial charge in [0.25, 0.3) is 0 Å². The molecule has 14 heavy (non-hydrogen) atoms. The van der Waals surface area contributed by atoms with Gasteiger partial charge in [0.05, 0.1) is 0 Å². The summed E-state index contributed by atoms with van der Waals surface area (Å²) in [5.41, 5.74) is 0.337. The molecule has 1 heterocycles. The monoisotopic (exact) mass is 190 g/mol. The molecule has 4 nitrogen and oxygen atoms in total. The summed E-state index contributed by atoms with van der Waals surface area (Å²) in [6.45, 7) is 0. The third-order valence-corrected chi connectivity index (χ3v) is 1.53. The lowest BCUT2D eigenvalue weighted by Gasteiger charge is -1.91. The first-order valence-electron chi connectivity index (χ1n) is 3.76. The van der Waals surface area contributed by atoms with Gasteiger partial charge in [0, 0.05) is 11.5 Å². The summed E-state index contributed by atoms with van der Waals surface area (Å²) in [6.07, 6.45) is 0.250. The lowest BCUT2D eigenvalue weighted by molar-refractivity contribution is -0.191. The van der Waals surface area contributed by atoms with Crippen molar-refractivity contribution in [2.24, 2.45) is 0 Å². The molecule has 0 aliphatic heterocycles. The lowest BCUT2D eigenvalue weighted by atomic mass is 10.2. The molecule has 0 spiro atoms. The van der Waals surface area contributed by atoms with Crippen LogP contribution in [0, 0.1) is 0 Å². The number of carbonyl (C=O) groups excluding carboxylic acids is 2. The van der Waals surface area contributed by atoms with Crippen molar-refractivity contribution in [3.63, 3.8) is 0 Å². The zero-order valence-electron chi connectivity index (χ0n) is 7.10. The Morgan fingerprint density at radius 2 is 1.64 bits per heavy atom. The third kappa shape index (κ3) is 2.40. The Kier molecular flexibility index (Phi) is 3.35. The van der Waals surface area contributed by atoms with Gasteiger partial charge in [-0.2, -0.15) is 9.59 Å². The molecule has 2 aromatic rings. The molecule has 1 aromatic carbocycles. The fourth-order valence-electron chi connectivity index (χ4n) is 1.01. The standard InChI is InChI=1S/C9H6O2.CO2/c10-9-6-5-7-3-1-2-4-8(7)11-9;2-1-3/h1-6H;. The molecule has 0 atom stereocenters. The maximum Gasteiger partial charge on any atom is 0.373 e. The SMILES string of the molecule is O=C=O.O=c1ccc2ccccc2o1. The van der Waals surface area contributed by atoms with Gasteiger partial charge in [-0.25, -0.2) is 4.79 Å². The lowest BCUT2D eigenvalue weighted by Crippen LogP contribution is -1.93. The summed E-state index contributed by atoms with van der Waals surface area (Å²) in [5, 5.41) is 0.951. The number of benzene rings is 1. The average molecular weight is 190 g/mol. The number of hydrogen-bond acceptors (Lipinski definition) is 4. The average Bonchev–Trinajstić information content (AvgIpc) is 2.19. The molecule has 0 saturated carbocycles. The number of hydrogen-bond donors (Lipinski definition) is 0. The largest absolute Gasteiger partial charge is 0.423 e. The topological polar surface area (TPSA) is 64.3 Å². The Balaban J connectivity index is 0.000000293. The second-order valence-corrected chi connectivity index (χ2v) is 2.38. The fraction of sp³-hybridized carbons (Fsp3) is 0. The summed E-state index contributed by atoms with van der Waals surface area (Å²) in [4.78, 5) is 27.0. The van der Waals surface area contributed by atoms with Crippen LogP contribution in [0.3, 0.4) is 0 Å². The molecule has 0 N–H and O–H groups in total. The van der Waals surface area contributed by atoms with Gasteiger partial charge in [-0.05, 0) is 12.1 Å². The van der Waals surface area contributed by atoms with E-state index in [1.807, 2.05) is 18.2 Å². The Morgan fingerprint density at radius 3 is 2.36 bits per heavy atom. The highest BCUT2D eigenvalue weighted by atomic mass is 16.4. The fourth-order valence-corrected chi connectivity index (χ4v) is 1.01. The van der Waals surface area contributed by atoms with Crippen molar-refractivity contribution < 1.29 is 14.0 Å². The van der Waals surface area contributed by atoms with E-state index in [0.29, 0.717) is 5.58 Å². The minimum atomic E-state index is -0.302. The van der Waals surface area contributed by atoms with Crippen LogP contribution in [0.5, 0.6) is 0 Å². The van der Waals surface area contributed by atoms with Crippen LogP contribution in [0.25, 0.3) is 11.0 Å². The Bertz CT molecular complexity index is 507. The quantitative estimate of drug-likeness (QED) is 0.585. The molecule has 0 aliphatic carbocycles. The Hall–Kier alpha value is -2.19. The van der Waals surface area contributed by atoms with E-state index in [-0.39, 0.29) is 11.8 Å². The van der Waals surface area contributed by atoms with E-state index in [2.05, 4.69) is 0 Å². The summed E-state index contributed by atoms with van der Waals surface area (Å²) >= 11 is 0. The van der Waals surface area contributed by atoms with Crippen LogP contribution >= 0.6 is 0 Å². The van der Waals surface area contributed by atoms with Crippen LogP contribution in [0.15, 0.2) is 45.6 Å². The van der Waals surface area contributed by atoms with E-state index in [1.165, 1.54) is 6.07 Å². The maximum atomic E-state index is 10.7. The van der Waals surface area contributed by atoms with Crippen molar-refractivity contribution in [3.8, 4) is 0 Å². The van der Waals surface area contributed by atoms with Gasteiger partial charge in [0.2, 0.25) is 0 Å². The summed E-state index contributed by atoms with van der Waals surface area (Å²) in [5.74, 6) is 0. The zero-order valence-corrected chi connectivity index (χ0v) is 7.10. The van der Waals surface area contributed by atoms with Gasteiger partial charge >= 0.3 is 11.8 Å². The molecular formula is C10H6O4. The maximum absolute atomic E-state index is 10.7.